The van der Waals surface area contributed by atoms with Crippen LogP contribution >= 0.6 is 0 Å². The molecule has 1 heterocycles. The van der Waals surface area contributed by atoms with Crippen molar-refractivity contribution in [1.82, 2.24) is 10.4 Å². The zero-order valence-electron chi connectivity index (χ0n) is 17.0. The highest BCUT2D eigenvalue weighted by atomic mass is 16.7. The number of carbonyl (C=O) groups is 5. The van der Waals surface area contributed by atoms with Crippen molar-refractivity contribution < 1.29 is 38.3 Å². The number of esters is 1. The summed E-state index contributed by atoms with van der Waals surface area (Å²) < 4.78 is 10.3. The smallest absolute Gasteiger partial charge is 0.408 e. The molecule has 10 nitrogen and oxygen atoms in total. The molecule has 1 aromatic rings. The van der Waals surface area contributed by atoms with Gasteiger partial charge in [0.15, 0.2) is 0 Å². The number of ether oxygens (including phenoxy) is 2. The normalized spacial score (nSPS) is 14.8. The van der Waals surface area contributed by atoms with E-state index in [-0.39, 0.29) is 19.4 Å². The average Bonchev–Trinajstić information content (AvgIpc) is 2.97. The maximum Gasteiger partial charge on any atom is 0.408 e. The fourth-order valence-electron chi connectivity index (χ4n) is 2.44. The second-order valence-electron chi connectivity index (χ2n) is 7.54. The number of hydroxylamine groups is 2. The number of amides is 3. The lowest BCUT2D eigenvalue weighted by atomic mass is 10.2. The number of alkyl carbamates (subject to hydrolysis) is 1. The summed E-state index contributed by atoms with van der Waals surface area (Å²) in [5.41, 5.74) is -0.130. The molecule has 1 aliphatic rings. The fraction of sp³-hybridized carbons (Fsp3) is 0.450. The average molecular weight is 420 g/mol. The van der Waals surface area contributed by atoms with Crippen molar-refractivity contribution in [2.24, 2.45) is 0 Å². The van der Waals surface area contributed by atoms with Crippen molar-refractivity contribution >= 4 is 29.8 Å². The Morgan fingerprint density at radius 1 is 1.07 bits per heavy atom. The first-order valence-corrected chi connectivity index (χ1v) is 9.32. The molecule has 0 unspecified atom stereocenters. The van der Waals surface area contributed by atoms with Crippen molar-refractivity contribution in [1.29, 1.82) is 0 Å². The third-order valence-corrected chi connectivity index (χ3v) is 3.77. The van der Waals surface area contributed by atoms with Crippen molar-refractivity contribution in [3.8, 4) is 0 Å². The third kappa shape index (κ3) is 7.19. The van der Waals surface area contributed by atoms with Crippen molar-refractivity contribution in [2.75, 3.05) is 0 Å². The third-order valence-electron chi connectivity index (χ3n) is 3.77. The molecule has 30 heavy (non-hydrogen) atoms. The van der Waals surface area contributed by atoms with Crippen molar-refractivity contribution in [2.45, 2.75) is 58.3 Å². The van der Waals surface area contributed by atoms with Crippen LogP contribution in [0.4, 0.5) is 4.79 Å². The molecular formula is C20H24N2O8. The quantitative estimate of drug-likeness (QED) is 0.521. The second-order valence-corrected chi connectivity index (χ2v) is 7.54. The number of imide groups is 1. The standard InChI is InChI=1S/C20H24N2O8/c1-20(2,3)29-19(27)21-14(18(26)28-12-13-7-5-4-6-8-13)11-17(25)30-22-15(23)9-10-16(22)24/h4-8,14H,9-12H2,1-3H3,(H,21,27)/t14-/m1/s1. The molecule has 0 saturated carbocycles. The summed E-state index contributed by atoms with van der Waals surface area (Å²) in [6.45, 7) is 4.82. The van der Waals surface area contributed by atoms with Gasteiger partial charge in [0.2, 0.25) is 0 Å². The molecule has 1 N–H and O–H groups in total. The Labute approximate surface area is 173 Å². The van der Waals surface area contributed by atoms with E-state index < -0.39 is 47.9 Å². The van der Waals surface area contributed by atoms with E-state index in [9.17, 15) is 24.0 Å². The Kier molecular flexibility index (Phi) is 7.51. The van der Waals surface area contributed by atoms with E-state index >= 15 is 0 Å². The molecular weight excluding hydrogens is 396 g/mol. The van der Waals surface area contributed by atoms with Crippen LogP contribution in [0.5, 0.6) is 0 Å². The summed E-state index contributed by atoms with van der Waals surface area (Å²) in [6, 6.07) is 7.37. The van der Waals surface area contributed by atoms with Gasteiger partial charge in [-0.15, -0.1) is 5.06 Å². The molecule has 1 saturated heterocycles. The second kappa shape index (κ2) is 9.86. The molecule has 0 aromatic heterocycles. The first-order chi connectivity index (χ1) is 14.0. The molecule has 0 spiro atoms. The molecule has 0 radical (unpaired) electrons. The van der Waals surface area contributed by atoms with Gasteiger partial charge in [-0.25, -0.2) is 14.4 Å². The van der Waals surface area contributed by atoms with Gasteiger partial charge in [0.05, 0.1) is 6.42 Å². The largest absolute Gasteiger partial charge is 0.459 e. The predicted molar refractivity (Wildman–Crippen MR) is 101 cm³/mol. The Hall–Kier alpha value is -3.43. The summed E-state index contributed by atoms with van der Waals surface area (Å²) in [7, 11) is 0. The van der Waals surface area contributed by atoms with Crippen LogP contribution in [0, 0.1) is 0 Å². The Balaban J connectivity index is 2.02. The minimum absolute atomic E-state index is 0.0647. The maximum absolute atomic E-state index is 12.5. The van der Waals surface area contributed by atoms with Crippen LogP contribution in [0.25, 0.3) is 0 Å². The molecule has 0 bridgehead atoms. The summed E-state index contributed by atoms with van der Waals surface area (Å²) in [5.74, 6) is -3.27. The molecule has 1 fully saturated rings. The molecule has 2 rings (SSSR count). The first-order valence-electron chi connectivity index (χ1n) is 9.32. The van der Waals surface area contributed by atoms with E-state index in [1.165, 1.54) is 0 Å². The number of benzene rings is 1. The Bertz CT molecular complexity index is 800. The van der Waals surface area contributed by atoms with E-state index in [0.29, 0.717) is 10.6 Å². The van der Waals surface area contributed by atoms with Crippen LogP contribution in [0.15, 0.2) is 30.3 Å². The SMILES string of the molecule is CC(C)(C)OC(=O)N[C@H](CC(=O)ON1C(=O)CCC1=O)C(=O)OCc1ccccc1. The Morgan fingerprint density at radius 2 is 1.67 bits per heavy atom. The van der Waals surface area contributed by atoms with Gasteiger partial charge in [0.25, 0.3) is 11.8 Å². The molecule has 162 valence electrons. The summed E-state index contributed by atoms with van der Waals surface area (Å²) in [4.78, 5) is 64.6. The molecule has 1 aliphatic heterocycles. The van der Waals surface area contributed by atoms with E-state index in [4.69, 9.17) is 14.3 Å². The van der Waals surface area contributed by atoms with E-state index in [0.717, 1.165) is 0 Å². The number of hydrogen-bond acceptors (Lipinski definition) is 8. The van der Waals surface area contributed by atoms with E-state index in [1.54, 1.807) is 51.1 Å². The summed E-state index contributed by atoms with van der Waals surface area (Å²) in [6.07, 6.45) is -1.73. The number of carbonyl (C=O) groups excluding carboxylic acids is 5. The molecule has 1 atom stereocenters. The lowest BCUT2D eigenvalue weighted by molar-refractivity contribution is -0.198. The minimum atomic E-state index is -1.44. The molecule has 1 aromatic carbocycles. The number of rotatable bonds is 7. The summed E-state index contributed by atoms with van der Waals surface area (Å²) in [5, 5.41) is 2.63. The predicted octanol–water partition coefficient (Wildman–Crippen LogP) is 1.62. The minimum Gasteiger partial charge on any atom is -0.459 e. The van der Waals surface area contributed by atoms with Gasteiger partial charge >= 0.3 is 18.0 Å². The van der Waals surface area contributed by atoms with Gasteiger partial charge in [-0.1, -0.05) is 30.3 Å². The van der Waals surface area contributed by atoms with Crippen LogP contribution in [-0.4, -0.2) is 46.6 Å². The van der Waals surface area contributed by atoms with Crippen molar-refractivity contribution in [3.63, 3.8) is 0 Å². The first kappa shape index (κ1) is 22.9. The van der Waals surface area contributed by atoms with Crippen LogP contribution in [0.1, 0.15) is 45.6 Å². The lowest BCUT2D eigenvalue weighted by Gasteiger charge is -2.23. The monoisotopic (exact) mass is 420 g/mol. The molecule has 3 amide bonds. The highest BCUT2D eigenvalue weighted by molar-refractivity contribution is 6.01. The topological polar surface area (TPSA) is 128 Å². The van der Waals surface area contributed by atoms with Crippen LogP contribution in [0.3, 0.4) is 0 Å². The van der Waals surface area contributed by atoms with Crippen molar-refractivity contribution in [3.05, 3.63) is 35.9 Å². The zero-order chi connectivity index (χ0) is 22.3. The van der Waals surface area contributed by atoms with Gasteiger partial charge in [0.1, 0.15) is 18.2 Å². The van der Waals surface area contributed by atoms with Crippen LogP contribution in [-0.2, 0) is 40.1 Å². The van der Waals surface area contributed by atoms with Gasteiger partial charge in [0, 0.05) is 12.8 Å². The number of nitrogens with one attached hydrogen (secondary N) is 1. The van der Waals surface area contributed by atoms with E-state index in [2.05, 4.69) is 5.32 Å². The summed E-state index contributed by atoms with van der Waals surface area (Å²) >= 11 is 0. The van der Waals surface area contributed by atoms with Gasteiger partial charge in [-0.3, -0.25) is 9.59 Å². The Morgan fingerprint density at radius 3 is 2.23 bits per heavy atom. The van der Waals surface area contributed by atoms with Crippen LogP contribution in [0.2, 0.25) is 0 Å². The zero-order valence-corrected chi connectivity index (χ0v) is 17.0. The van der Waals surface area contributed by atoms with Crippen LogP contribution < -0.4 is 5.32 Å². The molecule has 10 heteroatoms. The van der Waals surface area contributed by atoms with E-state index in [1.807, 2.05) is 0 Å². The maximum atomic E-state index is 12.5. The van der Waals surface area contributed by atoms with Gasteiger partial charge in [-0.2, -0.15) is 0 Å². The highest BCUT2D eigenvalue weighted by Crippen LogP contribution is 2.14. The fourth-order valence-corrected chi connectivity index (χ4v) is 2.44. The highest BCUT2D eigenvalue weighted by Gasteiger charge is 2.35. The molecule has 0 aliphatic carbocycles. The number of hydrogen-bond donors (Lipinski definition) is 1. The van der Waals surface area contributed by atoms with Gasteiger partial charge in [-0.05, 0) is 26.3 Å². The van der Waals surface area contributed by atoms with Gasteiger partial charge < -0.3 is 19.6 Å². The number of nitrogens with zero attached hydrogens (tertiary/aromatic N) is 1. The lowest BCUT2D eigenvalue weighted by Crippen LogP contribution is -2.46.